The lowest BCUT2D eigenvalue weighted by Gasteiger charge is -2.35. The maximum atomic E-state index is 12.4. The van der Waals surface area contributed by atoms with Crippen LogP contribution in [0.2, 0.25) is 0 Å². The van der Waals surface area contributed by atoms with Crippen LogP contribution in [0.15, 0.2) is 21.8 Å². The third kappa shape index (κ3) is 6.72. The molecule has 144 valence electrons. The fraction of sp³-hybridized carbons (Fsp3) is 0.714. The van der Waals surface area contributed by atoms with Gasteiger partial charge in [0.05, 0.1) is 18.8 Å². The third-order valence-electron chi connectivity index (χ3n) is 3.64. The van der Waals surface area contributed by atoms with Gasteiger partial charge < -0.3 is 19.5 Å². The summed E-state index contributed by atoms with van der Waals surface area (Å²) in [6.45, 7) is 5.93. The van der Waals surface area contributed by atoms with Crippen molar-refractivity contribution in [1.29, 1.82) is 0 Å². The van der Waals surface area contributed by atoms with Crippen LogP contribution in [0.4, 0.5) is 0 Å². The highest BCUT2D eigenvalue weighted by Gasteiger charge is 2.28. The molecule has 0 bridgehead atoms. The second kappa shape index (κ2) is 10.9. The first-order valence-corrected chi connectivity index (χ1v) is 9.57. The lowest BCUT2D eigenvalue weighted by molar-refractivity contribution is 0.206. The van der Waals surface area contributed by atoms with Crippen LogP contribution in [0.5, 0.6) is 0 Å². The summed E-state index contributed by atoms with van der Waals surface area (Å²) in [4.78, 5) is 6.56. The average molecular weight is 487 g/mol. The number of aromatic nitrogens is 1. The van der Waals surface area contributed by atoms with Crippen LogP contribution in [0.1, 0.15) is 12.6 Å². The molecule has 0 radical (unpaired) electrons. The van der Waals surface area contributed by atoms with Gasteiger partial charge in [-0.3, -0.25) is 4.99 Å². The molecule has 0 spiro atoms. The van der Waals surface area contributed by atoms with Gasteiger partial charge in [0.25, 0.3) is 0 Å². The van der Waals surface area contributed by atoms with Crippen LogP contribution in [-0.2, 0) is 20.5 Å². The van der Waals surface area contributed by atoms with Crippen molar-refractivity contribution in [2.75, 3.05) is 53.0 Å². The van der Waals surface area contributed by atoms with E-state index in [9.17, 15) is 8.42 Å². The van der Waals surface area contributed by atoms with Crippen molar-refractivity contribution in [3.63, 3.8) is 0 Å². The Morgan fingerprint density at radius 2 is 2.12 bits per heavy atom. The number of rotatable bonds is 7. The first-order valence-electron chi connectivity index (χ1n) is 7.96. The SMILES string of the molecule is CCNC(=NCCOC)N1CCN(S(=O)(=O)Cc2ccon2)CC1.I. The molecule has 1 saturated heterocycles. The molecule has 0 saturated carbocycles. The van der Waals surface area contributed by atoms with Gasteiger partial charge in [-0.05, 0) is 6.92 Å². The second-order valence-corrected chi connectivity index (χ2v) is 7.33. The molecule has 1 fully saturated rings. The van der Waals surface area contributed by atoms with E-state index in [0.29, 0.717) is 45.0 Å². The van der Waals surface area contributed by atoms with Crippen molar-refractivity contribution in [2.24, 2.45) is 4.99 Å². The van der Waals surface area contributed by atoms with E-state index in [4.69, 9.17) is 9.26 Å². The molecule has 0 aromatic carbocycles. The summed E-state index contributed by atoms with van der Waals surface area (Å²) in [7, 11) is -1.74. The van der Waals surface area contributed by atoms with Gasteiger partial charge in [-0.2, -0.15) is 4.31 Å². The Bertz CT molecular complexity index is 615. The molecule has 0 aliphatic carbocycles. The molecule has 0 amide bonds. The highest BCUT2D eigenvalue weighted by molar-refractivity contribution is 14.0. The number of hydrogen-bond acceptors (Lipinski definition) is 6. The van der Waals surface area contributed by atoms with Crippen molar-refractivity contribution in [3.05, 3.63) is 18.0 Å². The van der Waals surface area contributed by atoms with Gasteiger partial charge in [0.1, 0.15) is 12.0 Å². The topological polar surface area (TPSA) is 100 Å². The molecule has 25 heavy (non-hydrogen) atoms. The van der Waals surface area contributed by atoms with E-state index in [1.807, 2.05) is 6.92 Å². The number of nitrogens with zero attached hydrogens (tertiary/aromatic N) is 4. The van der Waals surface area contributed by atoms with Crippen LogP contribution >= 0.6 is 24.0 Å². The fourth-order valence-electron chi connectivity index (χ4n) is 2.44. The standard InChI is InChI=1S/C14H25N5O4S.HI/c1-3-15-14(16-5-11-22-2)18-6-8-19(9-7-18)24(20,21)12-13-4-10-23-17-13;/h4,10H,3,5-9,11-12H2,1-2H3,(H,15,16);1H. The van der Waals surface area contributed by atoms with Crippen LogP contribution < -0.4 is 5.32 Å². The minimum absolute atomic E-state index is 0. The summed E-state index contributed by atoms with van der Waals surface area (Å²) in [5, 5.41) is 6.90. The molecule has 0 unspecified atom stereocenters. The molecule has 1 N–H and O–H groups in total. The summed E-state index contributed by atoms with van der Waals surface area (Å²) >= 11 is 0. The van der Waals surface area contributed by atoms with Gasteiger partial charge in [0.15, 0.2) is 5.96 Å². The Labute approximate surface area is 165 Å². The quantitative estimate of drug-likeness (QED) is 0.257. The lowest BCUT2D eigenvalue weighted by Crippen LogP contribution is -2.54. The number of guanidine groups is 1. The zero-order chi connectivity index (χ0) is 17.4. The van der Waals surface area contributed by atoms with E-state index in [0.717, 1.165) is 12.5 Å². The van der Waals surface area contributed by atoms with Crippen LogP contribution in [-0.4, -0.2) is 81.7 Å². The van der Waals surface area contributed by atoms with Crippen LogP contribution in [0.3, 0.4) is 0 Å². The first-order chi connectivity index (χ1) is 11.6. The summed E-state index contributed by atoms with van der Waals surface area (Å²) in [6, 6.07) is 1.57. The van der Waals surface area contributed by atoms with E-state index in [1.54, 1.807) is 13.2 Å². The zero-order valence-electron chi connectivity index (χ0n) is 14.5. The molecule has 0 atom stereocenters. The van der Waals surface area contributed by atoms with Gasteiger partial charge >= 0.3 is 0 Å². The molecule has 11 heteroatoms. The smallest absolute Gasteiger partial charge is 0.220 e. The predicted molar refractivity (Wildman–Crippen MR) is 106 cm³/mol. The van der Waals surface area contributed by atoms with Gasteiger partial charge in [0.2, 0.25) is 10.0 Å². The second-order valence-electron chi connectivity index (χ2n) is 5.36. The summed E-state index contributed by atoms with van der Waals surface area (Å²) < 4.78 is 36.1. The van der Waals surface area contributed by atoms with Crippen LogP contribution in [0.25, 0.3) is 0 Å². The number of ether oxygens (including phenoxy) is 1. The number of sulfonamides is 1. The summed E-state index contributed by atoms with van der Waals surface area (Å²) in [5.74, 6) is 0.661. The Kier molecular flexibility index (Phi) is 9.67. The number of aliphatic imine (C=N–C) groups is 1. The monoisotopic (exact) mass is 487 g/mol. The Morgan fingerprint density at radius 3 is 2.68 bits per heavy atom. The molecular formula is C14H26IN5O4S. The van der Waals surface area contributed by atoms with E-state index >= 15 is 0 Å². The van der Waals surface area contributed by atoms with Gasteiger partial charge in [-0.25, -0.2) is 8.42 Å². The van der Waals surface area contributed by atoms with Crippen molar-refractivity contribution in [1.82, 2.24) is 19.7 Å². The minimum Gasteiger partial charge on any atom is -0.383 e. The van der Waals surface area contributed by atoms with Crippen molar-refractivity contribution in [3.8, 4) is 0 Å². The largest absolute Gasteiger partial charge is 0.383 e. The maximum Gasteiger partial charge on any atom is 0.220 e. The number of halogens is 1. The van der Waals surface area contributed by atoms with Gasteiger partial charge in [-0.1, -0.05) is 5.16 Å². The first kappa shape index (κ1) is 22.1. The van der Waals surface area contributed by atoms with Crippen molar-refractivity contribution >= 4 is 40.0 Å². The van der Waals surface area contributed by atoms with E-state index in [1.165, 1.54) is 10.6 Å². The van der Waals surface area contributed by atoms with E-state index < -0.39 is 10.0 Å². The van der Waals surface area contributed by atoms with Crippen LogP contribution in [0, 0.1) is 0 Å². The van der Waals surface area contributed by atoms with E-state index in [-0.39, 0.29) is 29.7 Å². The number of methoxy groups -OCH3 is 1. The molecule has 9 nitrogen and oxygen atoms in total. The molecule has 1 aromatic heterocycles. The molecule has 2 rings (SSSR count). The fourth-order valence-corrected chi connectivity index (χ4v) is 3.86. The predicted octanol–water partition coefficient (Wildman–Crippen LogP) is 0.352. The summed E-state index contributed by atoms with van der Waals surface area (Å²) in [5.41, 5.74) is 0.423. The maximum absolute atomic E-state index is 12.4. The zero-order valence-corrected chi connectivity index (χ0v) is 17.7. The average Bonchev–Trinajstić information content (AvgIpc) is 3.06. The Balaban J connectivity index is 0.00000312. The molecule has 2 heterocycles. The molecule has 1 aromatic rings. The van der Waals surface area contributed by atoms with Gasteiger partial charge in [0, 0.05) is 45.9 Å². The highest BCUT2D eigenvalue weighted by atomic mass is 127. The highest BCUT2D eigenvalue weighted by Crippen LogP contribution is 2.12. The van der Waals surface area contributed by atoms with Crippen molar-refractivity contribution < 1.29 is 17.7 Å². The normalized spacial score (nSPS) is 16.6. The Hall–Kier alpha value is -0.920. The lowest BCUT2D eigenvalue weighted by atomic mass is 10.4. The molecule has 1 aliphatic rings. The molecule has 1 aliphatic heterocycles. The Morgan fingerprint density at radius 1 is 1.40 bits per heavy atom. The van der Waals surface area contributed by atoms with E-state index in [2.05, 4.69) is 20.4 Å². The minimum atomic E-state index is -3.38. The number of nitrogens with one attached hydrogen (secondary N) is 1. The van der Waals surface area contributed by atoms with Crippen molar-refractivity contribution in [2.45, 2.75) is 12.7 Å². The molecular weight excluding hydrogens is 461 g/mol. The van der Waals surface area contributed by atoms with Gasteiger partial charge in [-0.15, -0.1) is 24.0 Å². The summed E-state index contributed by atoms with van der Waals surface area (Å²) in [6.07, 6.45) is 1.38. The third-order valence-corrected chi connectivity index (χ3v) is 5.46. The number of hydrogen-bond donors (Lipinski definition) is 1. The number of piperazine rings is 1.